The second-order valence-electron chi connectivity index (χ2n) is 13.0. The zero-order chi connectivity index (χ0) is 33.0. The molecular formula is C48H32N2. The Morgan fingerprint density at radius 3 is 1.80 bits per heavy atom. The monoisotopic (exact) mass is 636 g/mol. The first kappa shape index (κ1) is 28.4. The summed E-state index contributed by atoms with van der Waals surface area (Å²) >= 11 is 0. The Labute approximate surface area is 290 Å². The molecule has 0 amide bonds. The lowest BCUT2D eigenvalue weighted by atomic mass is 9.96. The summed E-state index contributed by atoms with van der Waals surface area (Å²) in [5.74, 6) is 0. The molecule has 0 aliphatic heterocycles. The van der Waals surface area contributed by atoms with E-state index in [1.807, 2.05) is 0 Å². The van der Waals surface area contributed by atoms with Crippen LogP contribution < -0.4 is 4.90 Å². The fraction of sp³-hybridized carbons (Fsp3) is 0. The van der Waals surface area contributed by atoms with E-state index in [2.05, 4.69) is 204 Å². The largest absolute Gasteiger partial charge is 0.310 e. The molecule has 0 saturated carbocycles. The van der Waals surface area contributed by atoms with E-state index in [-0.39, 0.29) is 0 Å². The number of para-hydroxylation sites is 2. The first-order chi connectivity index (χ1) is 24.8. The molecule has 0 bridgehead atoms. The van der Waals surface area contributed by atoms with Crippen LogP contribution >= 0.6 is 0 Å². The molecule has 0 atom stereocenters. The quantitative estimate of drug-likeness (QED) is 0.171. The zero-order valence-electron chi connectivity index (χ0n) is 27.4. The van der Waals surface area contributed by atoms with Crippen molar-refractivity contribution in [3.8, 4) is 16.8 Å². The summed E-state index contributed by atoms with van der Waals surface area (Å²) in [5, 5.41) is 10.0. The first-order valence-corrected chi connectivity index (χ1v) is 17.2. The van der Waals surface area contributed by atoms with Gasteiger partial charge in [-0.2, -0.15) is 0 Å². The molecule has 2 nitrogen and oxygen atoms in total. The Hall–Kier alpha value is -6.64. The summed E-state index contributed by atoms with van der Waals surface area (Å²) in [4.78, 5) is 2.44. The predicted molar refractivity (Wildman–Crippen MR) is 213 cm³/mol. The second-order valence-corrected chi connectivity index (χ2v) is 13.0. The van der Waals surface area contributed by atoms with E-state index < -0.39 is 0 Å². The summed E-state index contributed by atoms with van der Waals surface area (Å²) in [6.45, 7) is 0. The van der Waals surface area contributed by atoms with Gasteiger partial charge in [-0.15, -0.1) is 0 Å². The highest BCUT2D eigenvalue weighted by Gasteiger charge is 2.20. The fourth-order valence-electron chi connectivity index (χ4n) is 7.87. The number of aromatic nitrogens is 1. The number of hydrogen-bond donors (Lipinski definition) is 0. The van der Waals surface area contributed by atoms with Gasteiger partial charge in [0.05, 0.1) is 16.7 Å². The molecule has 2 heteroatoms. The van der Waals surface area contributed by atoms with Gasteiger partial charge in [-0.05, 0) is 92.7 Å². The third-order valence-corrected chi connectivity index (χ3v) is 10.1. The van der Waals surface area contributed by atoms with Crippen molar-refractivity contribution in [2.24, 2.45) is 0 Å². The minimum Gasteiger partial charge on any atom is -0.310 e. The average molecular weight is 637 g/mol. The van der Waals surface area contributed by atoms with Crippen LogP contribution in [0.15, 0.2) is 194 Å². The molecule has 1 heterocycles. The molecule has 0 aliphatic carbocycles. The summed E-state index contributed by atoms with van der Waals surface area (Å²) < 4.78 is 2.38. The van der Waals surface area contributed by atoms with Crippen LogP contribution in [0.2, 0.25) is 0 Å². The van der Waals surface area contributed by atoms with Crippen LogP contribution in [0.4, 0.5) is 17.1 Å². The van der Waals surface area contributed by atoms with Gasteiger partial charge in [0.2, 0.25) is 0 Å². The van der Waals surface area contributed by atoms with Crippen LogP contribution in [0.5, 0.6) is 0 Å². The summed E-state index contributed by atoms with van der Waals surface area (Å²) in [5.41, 5.74) is 9.32. The summed E-state index contributed by atoms with van der Waals surface area (Å²) in [6.07, 6.45) is 0. The lowest BCUT2D eigenvalue weighted by Gasteiger charge is -2.28. The van der Waals surface area contributed by atoms with Gasteiger partial charge in [0.1, 0.15) is 0 Å². The molecule has 0 N–H and O–H groups in total. The Kier molecular flexibility index (Phi) is 6.53. The first-order valence-electron chi connectivity index (χ1n) is 17.2. The minimum absolute atomic E-state index is 1.11. The van der Waals surface area contributed by atoms with Gasteiger partial charge in [0.25, 0.3) is 0 Å². The van der Waals surface area contributed by atoms with Gasteiger partial charge in [-0.25, -0.2) is 0 Å². The van der Waals surface area contributed by atoms with Crippen molar-refractivity contribution >= 4 is 71.2 Å². The SMILES string of the molecule is c1ccc(-c2cccc(N(c3ccc4c(c3)c3ccccc3n4-c3ccccc3)c3cccc4c3ccc3c5ccccc5ccc43)c2)cc1. The van der Waals surface area contributed by atoms with E-state index in [1.54, 1.807) is 0 Å². The van der Waals surface area contributed by atoms with Gasteiger partial charge < -0.3 is 9.47 Å². The molecule has 0 fully saturated rings. The molecule has 0 unspecified atom stereocenters. The summed E-state index contributed by atoms with van der Waals surface area (Å²) in [7, 11) is 0. The van der Waals surface area contributed by atoms with Gasteiger partial charge in [-0.3, -0.25) is 0 Å². The maximum Gasteiger partial charge on any atom is 0.0542 e. The third kappa shape index (κ3) is 4.50. The van der Waals surface area contributed by atoms with Crippen LogP contribution in [-0.4, -0.2) is 4.57 Å². The van der Waals surface area contributed by atoms with Gasteiger partial charge in [-0.1, -0.05) is 140 Å². The van der Waals surface area contributed by atoms with Gasteiger partial charge >= 0.3 is 0 Å². The number of nitrogens with zero attached hydrogens (tertiary/aromatic N) is 2. The normalized spacial score (nSPS) is 11.6. The number of fused-ring (bicyclic) bond motifs is 8. The van der Waals surface area contributed by atoms with Crippen molar-refractivity contribution in [3.63, 3.8) is 0 Å². The second kappa shape index (κ2) is 11.5. The Bertz CT molecular complexity index is 2870. The molecule has 0 spiro atoms. The van der Waals surface area contributed by atoms with E-state index in [0.717, 1.165) is 22.7 Å². The third-order valence-electron chi connectivity index (χ3n) is 10.1. The zero-order valence-corrected chi connectivity index (χ0v) is 27.4. The van der Waals surface area contributed by atoms with Crippen molar-refractivity contribution < 1.29 is 0 Å². The van der Waals surface area contributed by atoms with E-state index in [4.69, 9.17) is 0 Å². The molecule has 0 aliphatic rings. The minimum atomic E-state index is 1.11. The maximum atomic E-state index is 2.44. The maximum absolute atomic E-state index is 2.44. The smallest absolute Gasteiger partial charge is 0.0542 e. The molecular weight excluding hydrogens is 605 g/mol. The molecule has 0 saturated heterocycles. The topological polar surface area (TPSA) is 8.17 Å². The Morgan fingerprint density at radius 2 is 0.920 bits per heavy atom. The van der Waals surface area contributed by atoms with Crippen molar-refractivity contribution in [2.45, 2.75) is 0 Å². The fourth-order valence-corrected chi connectivity index (χ4v) is 7.87. The Balaban J connectivity index is 1.25. The van der Waals surface area contributed by atoms with Gasteiger partial charge in [0.15, 0.2) is 0 Å². The van der Waals surface area contributed by atoms with E-state index in [0.29, 0.717) is 0 Å². The average Bonchev–Trinajstić information content (AvgIpc) is 3.52. The highest BCUT2D eigenvalue weighted by atomic mass is 15.1. The number of rotatable bonds is 5. The highest BCUT2D eigenvalue weighted by molar-refractivity contribution is 6.20. The van der Waals surface area contributed by atoms with Crippen LogP contribution in [0.1, 0.15) is 0 Å². The molecule has 10 aromatic rings. The molecule has 50 heavy (non-hydrogen) atoms. The van der Waals surface area contributed by atoms with Gasteiger partial charge in [0, 0.05) is 33.2 Å². The van der Waals surface area contributed by atoms with Crippen LogP contribution in [0.25, 0.3) is 70.9 Å². The van der Waals surface area contributed by atoms with Crippen molar-refractivity contribution in [2.75, 3.05) is 4.90 Å². The summed E-state index contributed by atoms with van der Waals surface area (Å²) in [6, 6.07) is 70.5. The van der Waals surface area contributed by atoms with Crippen molar-refractivity contribution in [1.29, 1.82) is 0 Å². The standard InChI is InChI=1S/C48H32N2/c1-3-13-33(14-4-1)35-16-11-19-37(31-35)49(46-24-12-22-40-42-27-25-34-15-7-8-20-39(34)41(42)28-29-44(40)46)38-26-30-48-45(32-38)43-21-9-10-23-47(43)50(48)36-17-5-2-6-18-36/h1-32H. The van der Waals surface area contributed by atoms with Crippen LogP contribution in [0, 0.1) is 0 Å². The molecule has 0 radical (unpaired) electrons. The molecule has 10 rings (SSSR count). The lowest BCUT2D eigenvalue weighted by Crippen LogP contribution is -2.10. The highest BCUT2D eigenvalue weighted by Crippen LogP contribution is 2.44. The van der Waals surface area contributed by atoms with Crippen molar-refractivity contribution in [1.82, 2.24) is 4.57 Å². The number of hydrogen-bond acceptors (Lipinski definition) is 1. The van der Waals surface area contributed by atoms with E-state index in [9.17, 15) is 0 Å². The molecule has 9 aromatic carbocycles. The lowest BCUT2D eigenvalue weighted by molar-refractivity contribution is 1.18. The van der Waals surface area contributed by atoms with E-state index >= 15 is 0 Å². The van der Waals surface area contributed by atoms with Crippen LogP contribution in [-0.2, 0) is 0 Å². The van der Waals surface area contributed by atoms with Crippen molar-refractivity contribution in [3.05, 3.63) is 194 Å². The van der Waals surface area contributed by atoms with Crippen LogP contribution in [0.3, 0.4) is 0 Å². The molecule has 1 aromatic heterocycles. The molecule has 234 valence electrons. The predicted octanol–water partition coefficient (Wildman–Crippen LogP) is 13.4. The number of anilines is 3. The number of benzene rings is 9. The van der Waals surface area contributed by atoms with E-state index in [1.165, 1.54) is 65.3 Å². The Morgan fingerprint density at radius 1 is 0.320 bits per heavy atom.